The number of carbonyl (C=O) groups excluding carboxylic acids is 1. The monoisotopic (exact) mass is 188 g/mol. The van der Waals surface area contributed by atoms with Crippen LogP contribution in [-0.4, -0.2) is 23.7 Å². The average molecular weight is 188 g/mol. The van der Waals surface area contributed by atoms with Crippen molar-refractivity contribution in [2.45, 2.75) is 32.1 Å². The fourth-order valence-electron chi connectivity index (χ4n) is 0.966. The Kier molecular flexibility index (Phi) is 6.68. The lowest BCUT2D eigenvalue weighted by molar-refractivity contribution is -0.137. The Balaban J connectivity index is 3.00. The number of urea groups is 1. The van der Waals surface area contributed by atoms with E-state index in [0.29, 0.717) is 13.0 Å². The Morgan fingerprint density at radius 2 is 1.77 bits per heavy atom. The highest BCUT2D eigenvalue weighted by Crippen LogP contribution is 2.01. The minimum Gasteiger partial charge on any atom is -0.481 e. The summed E-state index contributed by atoms with van der Waals surface area (Å²) in [6.45, 7) is 0.572. The summed E-state index contributed by atoms with van der Waals surface area (Å²) in [4.78, 5) is 20.3. The normalized spacial score (nSPS) is 9.54. The first-order valence-corrected chi connectivity index (χ1v) is 4.38. The summed E-state index contributed by atoms with van der Waals surface area (Å²) in [5.41, 5.74) is 4.85. The van der Waals surface area contributed by atoms with Crippen LogP contribution in [0.3, 0.4) is 0 Å². The summed E-state index contributed by atoms with van der Waals surface area (Å²) in [5.74, 6) is -0.754. The maximum atomic E-state index is 10.2. The van der Waals surface area contributed by atoms with Crippen LogP contribution in [0.1, 0.15) is 32.1 Å². The first-order valence-electron chi connectivity index (χ1n) is 4.38. The highest BCUT2D eigenvalue weighted by molar-refractivity contribution is 5.71. The van der Waals surface area contributed by atoms with E-state index in [1.807, 2.05) is 0 Å². The van der Waals surface area contributed by atoms with Crippen LogP contribution in [0.4, 0.5) is 4.79 Å². The van der Waals surface area contributed by atoms with Crippen molar-refractivity contribution in [2.24, 2.45) is 5.73 Å². The second-order valence-corrected chi connectivity index (χ2v) is 2.85. The second kappa shape index (κ2) is 7.39. The zero-order valence-electron chi connectivity index (χ0n) is 7.58. The van der Waals surface area contributed by atoms with Crippen molar-refractivity contribution in [2.75, 3.05) is 6.54 Å². The van der Waals surface area contributed by atoms with E-state index in [0.717, 1.165) is 19.3 Å². The molecule has 0 aliphatic carbocycles. The number of carbonyl (C=O) groups is 2. The number of carboxylic acids is 1. The molecule has 0 bridgehead atoms. The van der Waals surface area contributed by atoms with Gasteiger partial charge in [-0.1, -0.05) is 12.8 Å². The quantitative estimate of drug-likeness (QED) is 0.513. The molecule has 5 heteroatoms. The van der Waals surface area contributed by atoms with Crippen molar-refractivity contribution in [1.82, 2.24) is 5.32 Å². The molecule has 13 heavy (non-hydrogen) atoms. The van der Waals surface area contributed by atoms with Gasteiger partial charge in [0.1, 0.15) is 0 Å². The standard InChI is InChI=1S/C8H16N2O3/c9-8(13)10-6-4-2-1-3-5-7(11)12/h1-6H2,(H,11,12)(H3,9,10,13). The van der Waals surface area contributed by atoms with E-state index in [2.05, 4.69) is 5.32 Å². The van der Waals surface area contributed by atoms with Crippen LogP contribution < -0.4 is 11.1 Å². The lowest BCUT2D eigenvalue weighted by Gasteiger charge is -2.00. The molecule has 5 nitrogen and oxygen atoms in total. The Morgan fingerprint density at radius 1 is 1.15 bits per heavy atom. The molecule has 0 atom stereocenters. The van der Waals surface area contributed by atoms with Gasteiger partial charge >= 0.3 is 12.0 Å². The van der Waals surface area contributed by atoms with Crippen molar-refractivity contribution >= 4 is 12.0 Å². The van der Waals surface area contributed by atoms with Gasteiger partial charge in [-0.15, -0.1) is 0 Å². The van der Waals surface area contributed by atoms with Crippen LogP contribution in [0.25, 0.3) is 0 Å². The van der Waals surface area contributed by atoms with Crippen LogP contribution in [0, 0.1) is 0 Å². The molecule has 0 rings (SSSR count). The molecule has 0 heterocycles. The van der Waals surface area contributed by atoms with Gasteiger partial charge < -0.3 is 16.2 Å². The van der Waals surface area contributed by atoms with Crippen molar-refractivity contribution < 1.29 is 14.7 Å². The predicted octanol–water partition coefficient (Wildman–Crippen LogP) is 0.690. The zero-order chi connectivity index (χ0) is 10.1. The fraction of sp³-hybridized carbons (Fsp3) is 0.750. The number of primary amides is 1. The predicted molar refractivity (Wildman–Crippen MR) is 48.3 cm³/mol. The molecule has 0 aliphatic rings. The summed E-state index contributed by atoms with van der Waals surface area (Å²) in [5, 5.41) is 10.8. The molecule has 0 saturated carbocycles. The summed E-state index contributed by atoms with van der Waals surface area (Å²) >= 11 is 0. The van der Waals surface area contributed by atoms with Gasteiger partial charge in [-0.05, 0) is 12.8 Å². The van der Waals surface area contributed by atoms with E-state index in [4.69, 9.17) is 10.8 Å². The molecule has 2 amide bonds. The number of nitrogens with two attached hydrogens (primary N) is 1. The molecule has 0 aliphatic heterocycles. The number of hydrogen-bond acceptors (Lipinski definition) is 2. The number of carboxylic acid groups (broad SMARTS) is 1. The number of hydrogen-bond donors (Lipinski definition) is 3. The lowest BCUT2D eigenvalue weighted by atomic mass is 10.1. The van der Waals surface area contributed by atoms with E-state index in [1.165, 1.54) is 0 Å². The molecule has 0 aromatic carbocycles. The van der Waals surface area contributed by atoms with Gasteiger partial charge in [-0.2, -0.15) is 0 Å². The summed E-state index contributed by atoms with van der Waals surface area (Å²) in [6, 6.07) is -0.509. The Bertz CT molecular complexity index is 153. The van der Waals surface area contributed by atoms with E-state index in [9.17, 15) is 9.59 Å². The lowest BCUT2D eigenvalue weighted by Crippen LogP contribution is -2.29. The van der Waals surface area contributed by atoms with Crippen molar-refractivity contribution in [3.05, 3.63) is 0 Å². The van der Waals surface area contributed by atoms with Gasteiger partial charge in [0.2, 0.25) is 0 Å². The highest BCUT2D eigenvalue weighted by Gasteiger charge is 1.96. The van der Waals surface area contributed by atoms with Gasteiger partial charge in [0.05, 0.1) is 0 Å². The van der Waals surface area contributed by atoms with Crippen LogP contribution in [0.5, 0.6) is 0 Å². The molecule has 0 unspecified atom stereocenters. The van der Waals surface area contributed by atoms with Crippen LogP contribution in [0.15, 0.2) is 0 Å². The molecule has 0 aromatic heterocycles. The van der Waals surface area contributed by atoms with Crippen LogP contribution in [0.2, 0.25) is 0 Å². The maximum Gasteiger partial charge on any atom is 0.312 e. The molecule has 0 radical (unpaired) electrons. The molecule has 0 fully saturated rings. The van der Waals surface area contributed by atoms with Crippen LogP contribution in [-0.2, 0) is 4.79 Å². The molecule has 0 saturated heterocycles. The number of rotatable bonds is 7. The smallest absolute Gasteiger partial charge is 0.312 e. The fourth-order valence-corrected chi connectivity index (χ4v) is 0.966. The molecule has 4 N–H and O–H groups in total. The Hall–Kier alpha value is -1.26. The van der Waals surface area contributed by atoms with E-state index >= 15 is 0 Å². The zero-order valence-corrected chi connectivity index (χ0v) is 7.58. The third kappa shape index (κ3) is 10.7. The van der Waals surface area contributed by atoms with Gasteiger partial charge in [0, 0.05) is 13.0 Å². The number of amides is 2. The summed E-state index contributed by atoms with van der Waals surface area (Å²) in [7, 11) is 0. The molecular formula is C8H16N2O3. The molecule has 76 valence electrons. The number of nitrogens with one attached hydrogen (secondary N) is 1. The van der Waals surface area contributed by atoms with E-state index in [1.54, 1.807) is 0 Å². The summed E-state index contributed by atoms with van der Waals surface area (Å²) in [6.07, 6.45) is 3.58. The SMILES string of the molecule is NC(=O)NCCCCCCC(=O)O. The van der Waals surface area contributed by atoms with E-state index < -0.39 is 12.0 Å². The average Bonchev–Trinajstić information content (AvgIpc) is 2.01. The Morgan fingerprint density at radius 3 is 2.31 bits per heavy atom. The largest absolute Gasteiger partial charge is 0.481 e. The van der Waals surface area contributed by atoms with Gasteiger partial charge in [0.15, 0.2) is 0 Å². The second-order valence-electron chi connectivity index (χ2n) is 2.85. The maximum absolute atomic E-state index is 10.2. The van der Waals surface area contributed by atoms with Crippen molar-refractivity contribution in [3.63, 3.8) is 0 Å². The number of aliphatic carboxylic acids is 1. The Labute approximate surface area is 77.3 Å². The van der Waals surface area contributed by atoms with E-state index in [-0.39, 0.29) is 6.42 Å². The topological polar surface area (TPSA) is 92.4 Å². The minimum absolute atomic E-state index is 0.225. The van der Waals surface area contributed by atoms with Gasteiger partial charge in [0.25, 0.3) is 0 Å². The van der Waals surface area contributed by atoms with Gasteiger partial charge in [-0.25, -0.2) is 4.79 Å². The van der Waals surface area contributed by atoms with Crippen molar-refractivity contribution in [3.8, 4) is 0 Å². The highest BCUT2D eigenvalue weighted by atomic mass is 16.4. The van der Waals surface area contributed by atoms with Crippen LogP contribution >= 0.6 is 0 Å². The number of unbranched alkanes of at least 4 members (excludes halogenated alkanes) is 3. The minimum atomic E-state index is -0.754. The first kappa shape index (κ1) is 11.7. The molecule has 0 spiro atoms. The third-order valence-corrected chi connectivity index (χ3v) is 1.62. The van der Waals surface area contributed by atoms with Crippen molar-refractivity contribution in [1.29, 1.82) is 0 Å². The molecule has 0 aromatic rings. The third-order valence-electron chi connectivity index (χ3n) is 1.62. The summed E-state index contributed by atoms with van der Waals surface area (Å²) < 4.78 is 0. The first-order chi connectivity index (χ1) is 6.13. The molecular weight excluding hydrogens is 172 g/mol. The van der Waals surface area contributed by atoms with Gasteiger partial charge in [-0.3, -0.25) is 4.79 Å².